The smallest absolute Gasteiger partial charge is 0.0311 e. The van der Waals surface area contributed by atoms with Crippen molar-refractivity contribution in [2.24, 2.45) is 27.6 Å². The van der Waals surface area contributed by atoms with Crippen LogP contribution >= 0.6 is 0 Å². The first-order valence-corrected chi connectivity index (χ1v) is 7.55. The lowest BCUT2D eigenvalue weighted by Gasteiger charge is -2.46. The topological polar surface area (TPSA) is 0 Å². The van der Waals surface area contributed by atoms with Gasteiger partial charge < -0.3 is 0 Å². The molecule has 0 N–H and O–H groups in total. The zero-order chi connectivity index (χ0) is 15.0. The molecule has 0 amide bonds. The Labute approximate surface area is 117 Å². The lowest BCUT2D eigenvalue weighted by atomic mass is 9.59. The van der Waals surface area contributed by atoms with Crippen molar-refractivity contribution in [3.63, 3.8) is 0 Å². The van der Waals surface area contributed by atoms with E-state index in [1.54, 1.807) is 0 Å². The molecule has 0 aliphatic heterocycles. The second-order valence-electron chi connectivity index (χ2n) is 10.4. The van der Waals surface area contributed by atoms with Crippen LogP contribution in [-0.4, -0.2) is 0 Å². The Morgan fingerprint density at radius 3 is 1.17 bits per heavy atom. The summed E-state index contributed by atoms with van der Waals surface area (Å²) >= 11 is 0. The van der Waals surface area contributed by atoms with Crippen molar-refractivity contribution in [3.05, 3.63) is 0 Å². The standard InChI is InChI=1S/C18H38/c1-15(2,3)13-18(10,11)12-14(16(4,5)6)17(7,8)9/h14H,12-13H2,1-11H3. The fourth-order valence-electron chi connectivity index (χ4n) is 3.97. The summed E-state index contributed by atoms with van der Waals surface area (Å²) < 4.78 is 0. The Hall–Kier alpha value is 0. The molecule has 0 aromatic carbocycles. The van der Waals surface area contributed by atoms with Gasteiger partial charge in [-0.2, -0.15) is 0 Å². The second kappa shape index (κ2) is 5.17. The Kier molecular flexibility index (Phi) is 5.17. The third-order valence-corrected chi connectivity index (χ3v) is 3.86. The summed E-state index contributed by atoms with van der Waals surface area (Å²) in [7, 11) is 0. The minimum absolute atomic E-state index is 0.382. The van der Waals surface area contributed by atoms with Gasteiger partial charge in [0.1, 0.15) is 0 Å². The van der Waals surface area contributed by atoms with Crippen LogP contribution in [0.5, 0.6) is 0 Å². The van der Waals surface area contributed by atoms with Gasteiger partial charge >= 0.3 is 0 Å². The highest BCUT2D eigenvalue weighted by Crippen LogP contribution is 2.48. The molecule has 0 atom stereocenters. The summed E-state index contributed by atoms with van der Waals surface area (Å²) in [5.41, 5.74) is 1.61. The van der Waals surface area contributed by atoms with Crippen molar-refractivity contribution in [3.8, 4) is 0 Å². The summed E-state index contributed by atoms with van der Waals surface area (Å²) in [6, 6.07) is 0. The second-order valence-corrected chi connectivity index (χ2v) is 10.4. The molecule has 0 heteroatoms. The predicted octanol–water partition coefficient (Wildman–Crippen LogP) is 6.55. The summed E-state index contributed by atoms with van der Waals surface area (Å²) in [6.45, 7) is 26.4. The van der Waals surface area contributed by atoms with E-state index in [2.05, 4.69) is 76.2 Å². The van der Waals surface area contributed by atoms with Crippen LogP contribution in [0.25, 0.3) is 0 Å². The van der Waals surface area contributed by atoms with E-state index in [0.717, 1.165) is 5.92 Å². The van der Waals surface area contributed by atoms with E-state index in [1.165, 1.54) is 12.8 Å². The molecule has 0 saturated carbocycles. The average Bonchev–Trinajstić information content (AvgIpc) is 1.90. The molecule has 0 heterocycles. The first kappa shape index (κ1) is 18.0. The van der Waals surface area contributed by atoms with Crippen LogP contribution in [0.4, 0.5) is 0 Å². The van der Waals surface area contributed by atoms with Gasteiger partial charge in [0.15, 0.2) is 0 Å². The maximum absolute atomic E-state index is 2.45. The summed E-state index contributed by atoms with van der Waals surface area (Å²) in [5, 5.41) is 0. The molecule has 0 aliphatic rings. The van der Waals surface area contributed by atoms with Crippen molar-refractivity contribution in [1.29, 1.82) is 0 Å². The van der Waals surface area contributed by atoms with Gasteiger partial charge in [0.2, 0.25) is 0 Å². The minimum atomic E-state index is 0.382. The molecule has 110 valence electrons. The SMILES string of the molecule is CC(C)(C)CC(C)(C)CC(C(C)(C)C)C(C)(C)C. The van der Waals surface area contributed by atoms with Crippen molar-refractivity contribution in [2.45, 2.75) is 89.0 Å². The van der Waals surface area contributed by atoms with E-state index < -0.39 is 0 Å². The van der Waals surface area contributed by atoms with Gasteiger partial charge in [-0.05, 0) is 40.4 Å². The van der Waals surface area contributed by atoms with Crippen LogP contribution in [0, 0.1) is 27.6 Å². The molecular formula is C18H38. The van der Waals surface area contributed by atoms with Gasteiger partial charge in [-0.1, -0.05) is 76.2 Å². The Bertz CT molecular complexity index is 235. The molecule has 0 nitrogen and oxygen atoms in total. The Morgan fingerprint density at radius 1 is 0.611 bits per heavy atom. The van der Waals surface area contributed by atoms with Crippen LogP contribution in [0.15, 0.2) is 0 Å². The van der Waals surface area contributed by atoms with Crippen molar-refractivity contribution < 1.29 is 0 Å². The molecule has 0 fully saturated rings. The van der Waals surface area contributed by atoms with E-state index in [1.807, 2.05) is 0 Å². The number of rotatable bonds is 3. The zero-order valence-electron chi connectivity index (χ0n) is 15.0. The van der Waals surface area contributed by atoms with Crippen LogP contribution in [0.2, 0.25) is 0 Å². The third-order valence-electron chi connectivity index (χ3n) is 3.86. The van der Waals surface area contributed by atoms with E-state index in [9.17, 15) is 0 Å². The van der Waals surface area contributed by atoms with Crippen LogP contribution in [-0.2, 0) is 0 Å². The Balaban J connectivity index is 5.01. The molecule has 18 heavy (non-hydrogen) atoms. The van der Waals surface area contributed by atoms with E-state index >= 15 is 0 Å². The van der Waals surface area contributed by atoms with Crippen molar-refractivity contribution in [2.75, 3.05) is 0 Å². The molecular weight excluding hydrogens is 216 g/mol. The first-order chi connectivity index (χ1) is 7.55. The predicted molar refractivity (Wildman–Crippen MR) is 84.9 cm³/mol. The lowest BCUT2D eigenvalue weighted by molar-refractivity contribution is 0.0388. The molecule has 0 aromatic heterocycles. The Morgan fingerprint density at radius 2 is 0.944 bits per heavy atom. The molecule has 0 rings (SSSR count). The molecule has 0 aliphatic carbocycles. The number of hydrogen-bond acceptors (Lipinski definition) is 0. The lowest BCUT2D eigenvalue weighted by Crippen LogP contribution is -2.37. The average molecular weight is 255 g/mol. The van der Waals surface area contributed by atoms with Crippen LogP contribution < -0.4 is 0 Å². The van der Waals surface area contributed by atoms with Gasteiger partial charge in [-0.3, -0.25) is 0 Å². The van der Waals surface area contributed by atoms with Crippen molar-refractivity contribution in [1.82, 2.24) is 0 Å². The maximum Gasteiger partial charge on any atom is -0.0311 e. The summed E-state index contributed by atoms with van der Waals surface area (Å²) in [4.78, 5) is 0. The van der Waals surface area contributed by atoms with Crippen LogP contribution in [0.3, 0.4) is 0 Å². The molecule has 0 unspecified atom stereocenters. The summed E-state index contributed by atoms with van der Waals surface area (Å²) in [5.74, 6) is 0.752. The van der Waals surface area contributed by atoms with Crippen LogP contribution in [0.1, 0.15) is 89.0 Å². The van der Waals surface area contributed by atoms with E-state index in [4.69, 9.17) is 0 Å². The first-order valence-electron chi connectivity index (χ1n) is 7.55. The minimum Gasteiger partial charge on any atom is -0.0602 e. The van der Waals surface area contributed by atoms with E-state index in [0.29, 0.717) is 21.7 Å². The van der Waals surface area contributed by atoms with Gasteiger partial charge in [0.05, 0.1) is 0 Å². The fourth-order valence-corrected chi connectivity index (χ4v) is 3.97. The van der Waals surface area contributed by atoms with Gasteiger partial charge in [0, 0.05) is 0 Å². The largest absolute Gasteiger partial charge is 0.0602 e. The molecule has 0 radical (unpaired) electrons. The van der Waals surface area contributed by atoms with E-state index in [-0.39, 0.29) is 0 Å². The molecule has 0 aromatic rings. The fraction of sp³-hybridized carbons (Fsp3) is 1.00. The number of hydrogen-bond donors (Lipinski definition) is 0. The highest BCUT2D eigenvalue weighted by Gasteiger charge is 2.39. The normalized spacial score (nSPS) is 15.3. The maximum atomic E-state index is 2.45. The molecule has 0 bridgehead atoms. The molecule has 0 saturated heterocycles. The van der Waals surface area contributed by atoms with Gasteiger partial charge in [-0.25, -0.2) is 0 Å². The third kappa shape index (κ3) is 6.81. The highest BCUT2D eigenvalue weighted by molar-refractivity contribution is 4.89. The monoisotopic (exact) mass is 254 g/mol. The quantitative estimate of drug-likeness (QED) is 0.536. The van der Waals surface area contributed by atoms with Crippen molar-refractivity contribution >= 4 is 0 Å². The molecule has 0 spiro atoms. The highest BCUT2D eigenvalue weighted by atomic mass is 14.4. The van der Waals surface area contributed by atoms with Gasteiger partial charge in [0.25, 0.3) is 0 Å². The van der Waals surface area contributed by atoms with Gasteiger partial charge in [-0.15, -0.1) is 0 Å². The zero-order valence-corrected chi connectivity index (χ0v) is 15.0. The summed E-state index contributed by atoms with van der Waals surface area (Å²) in [6.07, 6.45) is 2.61.